The van der Waals surface area contributed by atoms with Gasteiger partial charge in [-0.3, -0.25) is 9.48 Å². The van der Waals surface area contributed by atoms with E-state index in [0.29, 0.717) is 11.5 Å². The number of pyridine rings is 1. The predicted octanol–water partition coefficient (Wildman–Crippen LogP) is 6.55. The summed E-state index contributed by atoms with van der Waals surface area (Å²) >= 11 is 0. The van der Waals surface area contributed by atoms with Crippen LogP contribution in [-0.4, -0.2) is 35.8 Å². The number of carbonyl (C=O) groups excluding carboxylic acids is 1. The first-order valence-corrected chi connectivity index (χ1v) is 14.0. The van der Waals surface area contributed by atoms with Gasteiger partial charge in [-0.2, -0.15) is 5.10 Å². The number of aromatic nitrogens is 6. The minimum Gasteiger partial charge on any atom is -0.360 e. The van der Waals surface area contributed by atoms with E-state index in [9.17, 15) is 4.79 Å². The van der Waals surface area contributed by atoms with E-state index < -0.39 is 0 Å². The van der Waals surface area contributed by atoms with Gasteiger partial charge in [0.05, 0.1) is 17.8 Å². The Morgan fingerprint density at radius 3 is 2.75 bits per heavy atom. The van der Waals surface area contributed by atoms with E-state index >= 15 is 0 Å². The first kappa shape index (κ1) is 26.0. The molecule has 2 N–H and O–H groups in total. The van der Waals surface area contributed by atoms with Gasteiger partial charge in [0.25, 0.3) is 5.91 Å². The lowest BCUT2D eigenvalue weighted by Gasteiger charge is -2.19. The minimum atomic E-state index is -0.208. The zero-order valence-electron chi connectivity index (χ0n) is 23.7. The number of aryl methyl sites for hydroxylation is 1. The molecule has 4 aromatic heterocycles. The van der Waals surface area contributed by atoms with E-state index in [2.05, 4.69) is 57.6 Å². The number of nitrogens with one attached hydrogen (secondary N) is 2. The van der Waals surface area contributed by atoms with Crippen LogP contribution in [0.4, 0.5) is 0 Å². The summed E-state index contributed by atoms with van der Waals surface area (Å²) < 4.78 is 7.37. The van der Waals surface area contributed by atoms with Gasteiger partial charge in [-0.05, 0) is 55.9 Å². The molecule has 9 nitrogen and oxygen atoms in total. The molecule has 0 radical (unpaired) electrons. The van der Waals surface area contributed by atoms with Crippen LogP contribution in [0.5, 0.6) is 0 Å². The zero-order chi connectivity index (χ0) is 28.0. The van der Waals surface area contributed by atoms with Crippen LogP contribution < -0.4 is 5.32 Å². The monoisotopic (exact) mass is 537 g/mol. The third-order valence-corrected chi connectivity index (χ3v) is 7.59. The van der Waals surface area contributed by atoms with E-state index in [1.54, 1.807) is 6.07 Å². The van der Waals surface area contributed by atoms with Gasteiger partial charge in [0.2, 0.25) is 0 Å². The maximum atomic E-state index is 13.1. The van der Waals surface area contributed by atoms with E-state index in [-0.39, 0.29) is 23.4 Å². The zero-order valence-corrected chi connectivity index (χ0v) is 23.7. The number of nitrogens with zero attached hydrogens (tertiary/aromatic N) is 5. The number of benzene rings is 1. The van der Waals surface area contributed by atoms with Gasteiger partial charge in [0.1, 0.15) is 17.1 Å². The van der Waals surface area contributed by atoms with Crippen LogP contribution in [0.3, 0.4) is 0 Å². The molecule has 5 aromatic rings. The van der Waals surface area contributed by atoms with Crippen molar-refractivity contribution in [1.29, 1.82) is 0 Å². The van der Waals surface area contributed by atoms with Crippen LogP contribution in [0.2, 0.25) is 0 Å². The molecular formula is C31H35N7O2. The van der Waals surface area contributed by atoms with Crippen molar-refractivity contribution in [2.45, 2.75) is 77.8 Å². The smallest absolute Gasteiger partial charge is 0.273 e. The average Bonchev–Trinajstić information content (AvgIpc) is 3.67. The number of carbonyl (C=O) groups is 1. The fourth-order valence-corrected chi connectivity index (χ4v) is 5.29. The summed E-state index contributed by atoms with van der Waals surface area (Å²) in [6.45, 7) is 10.3. The van der Waals surface area contributed by atoms with Crippen LogP contribution in [0, 0.1) is 0 Å². The number of H-pyrrole nitrogens is 1. The topological polar surface area (TPSA) is 115 Å². The van der Waals surface area contributed by atoms with Gasteiger partial charge in [-0.15, -0.1) is 0 Å². The summed E-state index contributed by atoms with van der Waals surface area (Å²) in [5.74, 6) is 1.24. The quantitative estimate of drug-likeness (QED) is 0.246. The highest BCUT2D eigenvalue weighted by Gasteiger charge is 2.26. The molecule has 0 bridgehead atoms. The Morgan fingerprint density at radius 1 is 1.15 bits per heavy atom. The second-order valence-corrected chi connectivity index (χ2v) is 12.0. The second-order valence-electron chi connectivity index (χ2n) is 12.0. The Balaban J connectivity index is 1.30. The summed E-state index contributed by atoms with van der Waals surface area (Å²) in [5, 5.41) is 11.7. The molecule has 0 saturated carbocycles. The molecule has 6 rings (SSSR count). The van der Waals surface area contributed by atoms with Gasteiger partial charge < -0.3 is 14.8 Å². The van der Waals surface area contributed by atoms with Gasteiger partial charge in [0.15, 0.2) is 11.3 Å². The standard InChI is InChI=1S/C31H35N7O2/c1-18(2)38-17-21(16-33-38)28-35-27-23(12-13-32-29(27)36-28)20-10-11-22-19(14-20)8-6-7-9-24(22)34-30(39)25-15-26(40-37-25)31(3,4)5/h10-18,24H,6-9H2,1-5H3,(H,34,39)(H,32,35,36)/t24-/m1/s1. The summed E-state index contributed by atoms with van der Waals surface area (Å²) in [7, 11) is 0. The highest BCUT2D eigenvalue weighted by molar-refractivity contribution is 5.93. The number of hydrogen-bond donors (Lipinski definition) is 2. The Kier molecular flexibility index (Phi) is 6.52. The molecule has 1 atom stereocenters. The highest BCUT2D eigenvalue weighted by atomic mass is 16.5. The molecule has 40 heavy (non-hydrogen) atoms. The first-order valence-electron chi connectivity index (χ1n) is 14.0. The largest absolute Gasteiger partial charge is 0.360 e. The van der Waals surface area contributed by atoms with Crippen molar-refractivity contribution < 1.29 is 9.32 Å². The third kappa shape index (κ3) is 4.92. The van der Waals surface area contributed by atoms with Gasteiger partial charge in [-0.1, -0.05) is 50.5 Å². The molecule has 0 spiro atoms. The molecule has 9 heteroatoms. The fraction of sp³-hybridized carbons (Fsp3) is 0.387. The van der Waals surface area contributed by atoms with Crippen molar-refractivity contribution in [3.63, 3.8) is 0 Å². The van der Waals surface area contributed by atoms with Crippen LogP contribution >= 0.6 is 0 Å². The van der Waals surface area contributed by atoms with Gasteiger partial charge >= 0.3 is 0 Å². The lowest BCUT2D eigenvalue weighted by atomic mass is 9.93. The van der Waals surface area contributed by atoms with Crippen molar-refractivity contribution in [1.82, 2.24) is 35.2 Å². The van der Waals surface area contributed by atoms with Gasteiger partial charge in [0, 0.05) is 35.5 Å². The molecule has 0 unspecified atom stereocenters. The molecule has 0 fully saturated rings. The summed E-state index contributed by atoms with van der Waals surface area (Å²) in [5.41, 5.74) is 7.12. The second kappa shape index (κ2) is 10.0. The highest BCUT2D eigenvalue weighted by Crippen LogP contribution is 2.35. The SMILES string of the molecule is CC(C)n1cc(-c2nc3c(-c4ccc5c(c4)CCCC[C@H]5NC(=O)c4cc(C(C)(C)C)on4)ccnc3[nH]2)cn1. The lowest BCUT2D eigenvalue weighted by molar-refractivity contribution is 0.0925. The number of aromatic amines is 1. The van der Waals surface area contributed by atoms with Crippen LogP contribution in [0.15, 0.2) is 53.4 Å². The molecule has 1 amide bonds. The number of fused-ring (bicyclic) bond motifs is 2. The number of imidazole rings is 1. The maximum Gasteiger partial charge on any atom is 0.273 e. The molecule has 206 valence electrons. The Bertz CT molecular complexity index is 1690. The van der Waals surface area contributed by atoms with Gasteiger partial charge in [-0.25, -0.2) is 9.97 Å². The third-order valence-electron chi connectivity index (χ3n) is 7.59. The van der Waals surface area contributed by atoms with E-state index in [0.717, 1.165) is 64.9 Å². The van der Waals surface area contributed by atoms with Crippen molar-refractivity contribution in [3.8, 4) is 22.5 Å². The molecule has 1 aliphatic rings. The lowest BCUT2D eigenvalue weighted by Crippen LogP contribution is -2.29. The van der Waals surface area contributed by atoms with Crippen LogP contribution in [-0.2, 0) is 11.8 Å². The molecule has 0 aliphatic heterocycles. The van der Waals surface area contributed by atoms with Crippen molar-refractivity contribution in [2.75, 3.05) is 0 Å². The molecule has 1 aliphatic carbocycles. The molecule has 0 saturated heterocycles. The molecule has 1 aromatic carbocycles. The summed E-state index contributed by atoms with van der Waals surface area (Å²) in [4.78, 5) is 25.9. The Morgan fingerprint density at radius 2 is 2.00 bits per heavy atom. The average molecular weight is 538 g/mol. The van der Waals surface area contributed by atoms with Crippen molar-refractivity contribution >= 4 is 17.1 Å². The summed E-state index contributed by atoms with van der Waals surface area (Å²) in [6, 6.07) is 10.5. The van der Waals surface area contributed by atoms with Crippen molar-refractivity contribution in [3.05, 3.63) is 71.5 Å². The Labute approximate surface area is 233 Å². The van der Waals surface area contributed by atoms with E-state index in [4.69, 9.17) is 9.51 Å². The number of amides is 1. The Hall–Kier alpha value is -4.27. The number of rotatable bonds is 5. The minimum absolute atomic E-state index is 0.0826. The number of hydrogen-bond acceptors (Lipinski definition) is 6. The van der Waals surface area contributed by atoms with Crippen LogP contribution in [0.25, 0.3) is 33.7 Å². The normalized spacial score (nSPS) is 15.8. The van der Waals surface area contributed by atoms with Crippen molar-refractivity contribution in [2.24, 2.45) is 0 Å². The maximum absolute atomic E-state index is 13.1. The fourth-order valence-electron chi connectivity index (χ4n) is 5.29. The predicted molar refractivity (Wildman–Crippen MR) is 154 cm³/mol. The summed E-state index contributed by atoms with van der Waals surface area (Å²) in [6.07, 6.45) is 9.59. The first-order chi connectivity index (χ1) is 19.2. The van der Waals surface area contributed by atoms with E-state index in [1.165, 1.54) is 5.56 Å². The van der Waals surface area contributed by atoms with E-state index in [1.807, 2.05) is 50.1 Å². The molecular weight excluding hydrogens is 502 g/mol. The molecule has 4 heterocycles. The van der Waals surface area contributed by atoms with Crippen LogP contribution in [0.1, 0.15) is 93.3 Å².